The van der Waals surface area contributed by atoms with E-state index < -0.39 is 16.0 Å². The first-order valence-corrected chi connectivity index (χ1v) is 9.11. The molecule has 0 aliphatic carbocycles. The summed E-state index contributed by atoms with van der Waals surface area (Å²) in [6.07, 6.45) is 0. The Morgan fingerprint density at radius 3 is 2.24 bits per heavy atom. The average molecular weight is 365 g/mol. The van der Waals surface area contributed by atoms with Gasteiger partial charge in [-0.2, -0.15) is 0 Å². The SMILES string of the molecule is CCOc1ccc(OCC)c(S(=O)(=O)Nc2ccc(C(=O)O)cc2)c1. The molecule has 2 rings (SSSR count). The van der Waals surface area contributed by atoms with E-state index in [0.29, 0.717) is 19.0 Å². The highest BCUT2D eigenvalue weighted by Crippen LogP contribution is 2.30. The molecule has 25 heavy (non-hydrogen) atoms. The van der Waals surface area contributed by atoms with E-state index in [4.69, 9.17) is 14.6 Å². The molecule has 8 heteroatoms. The molecule has 0 unspecified atom stereocenters. The molecule has 2 aromatic carbocycles. The molecular weight excluding hydrogens is 346 g/mol. The van der Waals surface area contributed by atoms with Crippen molar-refractivity contribution in [2.75, 3.05) is 17.9 Å². The van der Waals surface area contributed by atoms with Crippen molar-refractivity contribution in [1.29, 1.82) is 0 Å². The summed E-state index contributed by atoms with van der Waals surface area (Å²) < 4.78 is 38.6. The number of hydrogen-bond donors (Lipinski definition) is 2. The number of aromatic carboxylic acids is 1. The van der Waals surface area contributed by atoms with Gasteiger partial charge in [-0.15, -0.1) is 0 Å². The van der Waals surface area contributed by atoms with Crippen LogP contribution in [0.3, 0.4) is 0 Å². The Kier molecular flexibility index (Phi) is 5.87. The van der Waals surface area contributed by atoms with Gasteiger partial charge in [0.25, 0.3) is 10.0 Å². The molecule has 0 aliphatic rings. The molecule has 0 aromatic heterocycles. The number of nitrogens with one attached hydrogen (secondary N) is 1. The van der Waals surface area contributed by atoms with Crippen molar-refractivity contribution in [3.05, 3.63) is 48.0 Å². The maximum atomic E-state index is 12.7. The van der Waals surface area contributed by atoms with Gasteiger partial charge < -0.3 is 14.6 Å². The molecule has 0 fully saturated rings. The second-order valence-corrected chi connectivity index (χ2v) is 6.61. The van der Waals surface area contributed by atoms with Gasteiger partial charge in [-0.3, -0.25) is 4.72 Å². The van der Waals surface area contributed by atoms with Crippen molar-refractivity contribution < 1.29 is 27.8 Å². The van der Waals surface area contributed by atoms with Crippen molar-refractivity contribution in [3.8, 4) is 11.5 Å². The average Bonchev–Trinajstić information content (AvgIpc) is 2.57. The van der Waals surface area contributed by atoms with Gasteiger partial charge in [-0.05, 0) is 50.2 Å². The van der Waals surface area contributed by atoms with Crippen LogP contribution in [-0.4, -0.2) is 32.7 Å². The number of carbonyl (C=O) groups is 1. The number of ether oxygens (including phenoxy) is 2. The highest BCUT2D eigenvalue weighted by atomic mass is 32.2. The third-order valence-corrected chi connectivity index (χ3v) is 4.60. The molecule has 0 heterocycles. The van der Waals surface area contributed by atoms with Gasteiger partial charge in [0, 0.05) is 11.8 Å². The van der Waals surface area contributed by atoms with Crippen LogP contribution in [0.15, 0.2) is 47.4 Å². The Hall–Kier alpha value is -2.74. The van der Waals surface area contributed by atoms with E-state index in [1.165, 1.54) is 36.4 Å². The van der Waals surface area contributed by atoms with Crippen LogP contribution in [0, 0.1) is 0 Å². The van der Waals surface area contributed by atoms with E-state index in [1.54, 1.807) is 19.9 Å². The minimum Gasteiger partial charge on any atom is -0.494 e. The molecule has 134 valence electrons. The Bertz CT molecular complexity index is 846. The Balaban J connectivity index is 2.36. The van der Waals surface area contributed by atoms with Gasteiger partial charge >= 0.3 is 5.97 Å². The zero-order valence-corrected chi connectivity index (χ0v) is 14.7. The fourth-order valence-electron chi connectivity index (χ4n) is 2.12. The minimum atomic E-state index is -3.94. The lowest BCUT2D eigenvalue weighted by atomic mass is 10.2. The number of benzene rings is 2. The third kappa shape index (κ3) is 4.63. The van der Waals surface area contributed by atoms with E-state index in [0.717, 1.165) is 0 Å². The third-order valence-electron chi connectivity index (χ3n) is 3.20. The Labute approximate surface area is 146 Å². The minimum absolute atomic E-state index is 0.0531. The maximum absolute atomic E-state index is 12.7. The summed E-state index contributed by atoms with van der Waals surface area (Å²) in [4.78, 5) is 10.8. The van der Waals surface area contributed by atoms with Crippen LogP contribution in [-0.2, 0) is 10.0 Å². The van der Waals surface area contributed by atoms with Crippen molar-refractivity contribution in [2.45, 2.75) is 18.7 Å². The molecule has 0 spiro atoms. The van der Waals surface area contributed by atoms with E-state index in [1.807, 2.05) is 0 Å². The zero-order valence-electron chi connectivity index (χ0n) is 13.9. The molecule has 0 aliphatic heterocycles. The predicted octanol–water partition coefficient (Wildman–Crippen LogP) is 2.98. The first-order valence-electron chi connectivity index (χ1n) is 7.63. The normalized spacial score (nSPS) is 11.0. The van der Waals surface area contributed by atoms with Gasteiger partial charge in [-0.25, -0.2) is 13.2 Å². The predicted molar refractivity (Wildman–Crippen MR) is 93.0 cm³/mol. The molecular formula is C17H19NO6S. The van der Waals surface area contributed by atoms with Crippen LogP contribution in [0.5, 0.6) is 11.5 Å². The standard InChI is InChI=1S/C17H19NO6S/c1-3-23-14-9-10-15(24-4-2)16(11-14)25(21,22)18-13-7-5-12(6-8-13)17(19)20/h5-11,18H,3-4H2,1-2H3,(H,19,20). The number of sulfonamides is 1. The van der Waals surface area contributed by atoms with Gasteiger partial charge in [-0.1, -0.05) is 0 Å². The fraction of sp³-hybridized carbons (Fsp3) is 0.235. The van der Waals surface area contributed by atoms with Crippen LogP contribution < -0.4 is 14.2 Å². The highest BCUT2D eigenvalue weighted by Gasteiger charge is 2.21. The molecule has 0 saturated carbocycles. The summed E-state index contributed by atoms with van der Waals surface area (Å²) in [6.45, 7) is 4.26. The highest BCUT2D eigenvalue weighted by molar-refractivity contribution is 7.92. The summed E-state index contributed by atoms with van der Waals surface area (Å²) in [5.41, 5.74) is 0.311. The van der Waals surface area contributed by atoms with Crippen LogP contribution >= 0.6 is 0 Å². The van der Waals surface area contributed by atoms with Crippen molar-refractivity contribution in [2.24, 2.45) is 0 Å². The number of anilines is 1. The summed E-state index contributed by atoms with van der Waals surface area (Å²) in [5.74, 6) is -0.467. The quantitative estimate of drug-likeness (QED) is 0.746. The Morgan fingerprint density at radius 1 is 1.04 bits per heavy atom. The molecule has 0 radical (unpaired) electrons. The molecule has 2 aromatic rings. The fourth-order valence-corrected chi connectivity index (χ4v) is 3.34. The number of rotatable bonds is 8. The van der Waals surface area contributed by atoms with E-state index >= 15 is 0 Å². The lowest BCUT2D eigenvalue weighted by Gasteiger charge is -2.14. The summed E-state index contributed by atoms with van der Waals surface area (Å²) in [5, 5.41) is 8.89. The van der Waals surface area contributed by atoms with Gasteiger partial charge in [0.2, 0.25) is 0 Å². The number of carboxylic acids is 1. The molecule has 7 nitrogen and oxygen atoms in total. The molecule has 0 bridgehead atoms. The van der Waals surface area contributed by atoms with E-state index in [2.05, 4.69) is 4.72 Å². The van der Waals surface area contributed by atoms with Gasteiger partial charge in [0.1, 0.15) is 16.4 Å². The number of carboxylic acid groups (broad SMARTS) is 1. The Morgan fingerprint density at radius 2 is 1.68 bits per heavy atom. The second-order valence-electron chi connectivity index (χ2n) is 4.96. The van der Waals surface area contributed by atoms with Crippen LogP contribution in [0.25, 0.3) is 0 Å². The van der Waals surface area contributed by atoms with Crippen LogP contribution in [0.4, 0.5) is 5.69 Å². The molecule has 2 N–H and O–H groups in total. The lowest BCUT2D eigenvalue weighted by Crippen LogP contribution is -2.15. The topological polar surface area (TPSA) is 102 Å². The van der Waals surface area contributed by atoms with E-state index in [9.17, 15) is 13.2 Å². The molecule has 0 atom stereocenters. The second kappa shape index (κ2) is 7.89. The summed E-state index contributed by atoms with van der Waals surface area (Å²) in [6, 6.07) is 9.97. The smallest absolute Gasteiger partial charge is 0.335 e. The molecule has 0 saturated heterocycles. The maximum Gasteiger partial charge on any atom is 0.335 e. The lowest BCUT2D eigenvalue weighted by molar-refractivity contribution is 0.0697. The summed E-state index contributed by atoms with van der Waals surface area (Å²) in [7, 11) is -3.94. The van der Waals surface area contributed by atoms with Crippen LogP contribution in [0.2, 0.25) is 0 Å². The first kappa shape index (κ1) is 18.6. The van der Waals surface area contributed by atoms with Gasteiger partial charge in [0.05, 0.1) is 18.8 Å². The monoisotopic (exact) mass is 365 g/mol. The largest absolute Gasteiger partial charge is 0.494 e. The summed E-state index contributed by atoms with van der Waals surface area (Å²) >= 11 is 0. The number of hydrogen-bond acceptors (Lipinski definition) is 5. The van der Waals surface area contributed by atoms with E-state index in [-0.39, 0.29) is 21.9 Å². The van der Waals surface area contributed by atoms with Crippen LogP contribution in [0.1, 0.15) is 24.2 Å². The first-order chi connectivity index (χ1) is 11.9. The molecule has 0 amide bonds. The van der Waals surface area contributed by atoms with Crippen molar-refractivity contribution in [3.63, 3.8) is 0 Å². The van der Waals surface area contributed by atoms with Gasteiger partial charge in [0.15, 0.2) is 0 Å². The van der Waals surface area contributed by atoms with Crippen molar-refractivity contribution >= 4 is 21.7 Å². The zero-order chi connectivity index (χ0) is 18.4. The van der Waals surface area contributed by atoms with Crippen molar-refractivity contribution in [1.82, 2.24) is 0 Å².